The Hall–Kier alpha value is -0.440. The molecule has 3 N–H and O–H groups in total. The number of hydrogen-bond acceptors (Lipinski definition) is 1. The Kier molecular flexibility index (Phi) is 12.8. The molecule has 4 heteroatoms. The highest BCUT2D eigenvalue weighted by molar-refractivity contribution is 14.1. The van der Waals surface area contributed by atoms with Gasteiger partial charge < -0.3 is 10.8 Å². The lowest BCUT2D eigenvalue weighted by molar-refractivity contribution is 0.205. The predicted molar refractivity (Wildman–Crippen MR) is 39.7 cm³/mol. The SMILES string of the molecule is CC#CI.NC(=O)O. The molecule has 0 aliphatic carbocycles. The second-order valence-electron chi connectivity index (χ2n) is 0.683. The van der Waals surface area contributed by atoms with Crippen LogP contribution in [0.4, 0.5) is 4.79 Å². The molecule has 0 aromatic heterocycles. The quantitative estimate of drug-likeness (QED) is 0.479. The maximum atomic E-state index is 8.78. The molecule has 0 saturated carbocycles. The molecule has 1 amide bonds. The first-order valence-corrected chi connectivity index (χ1v) is 2.73. The molecule has 0 heterocycles. The Bertz CT molecular complexity index is 103. The number of hydrogen-bond donors (Lipinski definition) is 2. The van der Waals surface area contributed by atoms with E-state index in [1.54, 1.807) is 0 Å². The van der Waals surface area contributed by atoms with Crippen LogP contribution in [0, 0.1) is 9.85 Å². The van der Waals surface area contributed by atoms with Gasteiger partial charge in [0.25, 0.3) is 0 Å². The number of halogens is 1. The summed E-state index contributed by atoms with van der Waals surface area (Å²) in [5, 5.41) is 7.19. The summed E-state index contributed by atoms with van der Waals surface area (Å²) in [6.45, 7) is 1.81. The van der Waals surface area contributed by atoms with E-state index in [0.29, 0.717) is 0 Å². The lowest BCUT2D eigenvalue weighted by Gasteiger charge is -1.61. The molecule has 0 rings (SSSR count). The zero-order valence-electron chi connectivity index (χ0n) is 4.31. The lowest BCUT2D eigenvalue weighted by Crippen LogP contribution is -2.03. The Morgan fingerprint density at radius 2 is 2.00 bits per heavy atom. The van der Waals surface area contributed by atoms with Crippen LogP contribution >= 0.6 is 22.6 Å². The van der Waals surface area contributed by atoms with Crippen molar-refractivity contribution in [3.63, 3.8) is 0 Å². The molecule has 0 atom stereocenters. The van der Waals surface area contributed by atoms with E-state index in [4.69, 9.17) is 9.90 Å². The molecule has 3 nitrogen and oxygen atoms in total. The average molecular weight is 227 g/mol. The normalized spacial score (nSPS) is 4.75. The van der Waals surface area contributed by atoms with Crippen LogP contribution in [0.3, 0.4) is 0 Å². The van der Waals surface area contributed by atoms with E-state index in [-0.39, 0.29) is 0 Å². The molecule has 8 heavy (non-hydrogen) atoms. The standard InChI is InChI=1S/C3H3I.CH3NO2/c1-2-3-4;2-1(3)4/h1H3;2H2,(H,3,4). The predicted octanol–water partition coefficient (Wildman–Crippen LogP) is 1.03. The van der Waals surface area contributed by atoms with E-state index in [0.717, 1.165) is 0 Å². The summed E-state index contributed by atoms with van der Waals surface area (Å²) in [4.78, 5) is 8.78. The van der Waals surface area contributed by atoms with Gasteiger partial charge in [-0.3, -0.25) is 0 Å². The Morgan fingerprint density at radius 1 is 1.88 bits per heavy atom. The van der Waals surface area contributed by atoms with Crippen molar-refractivity contribution in [1.82, 2.24) is 0 Å². The van der Waals surface area contributed by atoms with Crippen molar-refractivity contribution < 1.29 is 9.90 Å². The highest BCUT2D eigenvalue weighted by Gasteiger charge is 1.65. The molecule has 0 aromatic rings. The van der Waals surface area contributed by atoms with Crippen LogP contribution in [0.15, 0.2) is 0 Å². The summed E-state index contributed by atoms with van der Waals surface area (Å²) >= 11 is 1.99. The summed E-state index contributed by atoms with van der Waals surface area (Å²) in [7, 11) is 0. The second kappa shape index (κ2) is 9.75. The minimum Gasteiger partial charge on any atom is -0.465 e. The third-order valence-corrected chi connectivity index (χ3v) is 0.634. The molecular weight excluding hydrogens is 221 g/mol. The number of carboxylic acid groups (broad SMARTS) is 1. The first-order chi connectivity index (χ1) is 3.65. The molecule has 0 aliphatic heterocycles. The molecule has 0 spiro atoms. The highest BCUT2D eigenvalue weighted by Crippen LogP contribution is 1.65. The molecule has 0 unspecified atom stereocenters. The van der Waals surface area contributed by atoms with E-state index < -0.39 is 6.09 Å². The van der Waals surface area contributed by atoms with Crippen LogP contribution < -0.4 is 5.73 Å². The molecule has 0 saturated heterocycles. The minimum atomic E-state index is -1.33. The van der Waals surface area contributed by atoms with Gasteiger partial charge in [-0.05, 0) is 10.9 Å². The Balaban J connectivity index is 0. The van der Waals surface area contributed by atoms with Gasteiger partial charge >= 0.3 is 6.09 Å². The maximum absolute atomic E-state index is 8.78. The first-order valence-electron chi connectivity index (χ1n) is 1.66. The van der Waals surface area contributed by atoms with Crippen LogP contribution in [0.5, 0.6) is 0 Å². The summed E-state index contributed by atoms with van der Waals surface area (Å²) in [6.07, 6.45) is -1.33. The molecule has 0 radical (unpaired) electrons. The lowest BCUT2D eigenvalue weighted by atomic mass is 10.9. The van der Waals surface area contributed by atoms with E-state index in [9.17, 15) is 0 Å². The first kappa shape index (κ1) is 10.5. The number of primary amides is 1. The highest BCUT2D eigenvalue weighted by atomic mass is 127. The summed E-state index contributed by atoms with van der Waals surface area (Å²) in [5.41, 5.74) is 4.03. The smallest absolute Gasteiger partial charge is 0.402 e. The molecular formula is C4H6INO2. The summed E-state index contributed by atoms with van der Waals surface area (Å²) < 4.78 is 2.65. The van der Waals surface area contributed by atoms with Gasteiger partial charge in [0.05, 0.1) is 0 Å². The third-order valence-electron chi connectivity index (χ3n) is 0.0945. The summed E-state index contributed by atoms with van der Waals surface area (Å²) in [6, 6.07) is 0. The maximum Gasteiger partial charge on any atom is 0.402 e. The topological polar surface area (TPSA) is 63.3 Å². The van der Waals surface area contributed by atoms with Crippen LogP contribution in [0.2, 0.25) is 0 Å². The van der Waals surface area contributed by atoms with Gasteiger partial charge in [-0.1, -0.05) is 5.92 Å². The zero-order valence-corrected chi connectivity index (χ0v) is 6.47. The minimum absolute atomic E-state index is 1.33. The van der Waals surface area contributed by atoms with Gasteiger partial charge in [0, 0.05) is 22.6 Å². The van der Waals surface area contributed by atoms with Gasteiger partial charge in [-0.2, -0.15) is 0 Å². The molecule has 0 fully saturated rings. The van der Waals surface area contributed by atoms with Gasteiger partial charge in [0.15, 0.2) is 0 Å². The van der Waals surface area contributed by atoms with Gasteiger partial charge in [-0.15, -0.1) is 0 Å². The fraction of sp³-hybridized carbons (Fsp3) is 0.250. The van der Waals surface area contributed by atoms with Gasteiger partial charge in [0.2, 0.25) is 0 Å². The fourth-order valence-corrected chi connectivity index (χ4v) is 0. The average Bonchev–Trinajstić information content (AvgIpc) is 1.65. The monoisotopic (exact) mass is 227 g/mol. The van der Waals surface area contributed by atoms with E-state index in [2.05, 4.69) is 15.6 Å². The van der Waals surface area contributed by atoms with Crippen molar-refractivity contribution in [2.24, 2.45) is 5.73 Å². The van der Waals surface area contributed by atoms with Crippen molar-refractivity contribution in [3.8, 4) is 9.85 Å². The second-order valence-corrected chi connectivity index (χ2v) is 1.22. The van der Waals surface area contributed by atoms with Crippen molar-refractivity contribution >= 4 is 28.7 Å². The molecule has 0 aromatic carbocycles. The van der Waals surface area contributed by atoms with Gasteiger partial charge in [-0.25, -0.2) is 4.79 Å². The van der Waals surface area contributed by atoms with Crippen molar-refractivity contribution in [3.05, 3.63) is 0 Å². The number of carbonyl (C=O) groups is 1. The number of nitrogens with two attached hydrogens (primary N) is 1. The molecule has 0 bridgehead atoms. The van der Waals surface area contributed by atoms with E-state index >= 15 is 0 Å². The van der Waals surface area contributed by atoms with Crippen LogP contribution in [-0.4, -0.2) is 11.2 Å². The molecule has 0 aliphatic rings. The van der Waals surface area contributed by atoms with Crippen molar-refractivity contribution in [1.29, 1.82) is 0 Å². The van der Waals surface area contributed by atoms with Crippen molar-refractivity contribution in [2.45, 2.75) is 6.92 Å². The van der Waals surface area contributed by atoms with Crippen LogP contribution in [0.25, 0.3) is 0 Å². The zero-order chi connectivity index (χ0) is 6.99. The number of amides is 1. The largest absolute Gasteiger partial charge is 0.465 e. The van der Waals surface area contributed by atoms with Crippen LogP contribution in [0.1, 0.15) is 6.92 Å². The molecule has 46 valence electrons. The Labute approximate surface area is 61.4 Å². The Morgan fingerprint density at radius 3 is 2.00 bits per heavy atom. The van der Waals surface area contributed by atoms with Gasteiger partial charge in [0.1, 0.15) is 0 Å². The fourth-order valence-electron chi connectivity index (χ4n) is 0. The number of rotatable bonds is 0. The van der Waals surface area contributed by atoms with E-state index in [1.165, 1.54) is 0 Å². The van der Waals surface area contributed by atoms with Crippen molar-refractivity contribution in [2.75, 3.05) is 0 Å². The van der Waals surface area contributed by atoms with Crippen LogP contribution in [-0.2, 0) is 0 Å². The third kappa shape index (κ3) is 369. The summed E-state index contributed by atoms with van der Waals surface area (Å²) in [5.74, 6) is 2.67. The van der Waals surface area contributed by atoms with E-state index in [1.807, 2.05) is 29.5 Å².